The van der Waals surface area contributed by atoms with Crippen molar-refractivity contribution in [3.8, 4) is 11.5 Å². The van der Waals surface area contributed by atoms with Crippen molar-refractivity contribution in [2.75, 3.05) is 13.1 Å². The third-order valence-corrected chi connectivity index (χ3v) is 8.50. The molecule has 2 fully saturated rings. The maximum atomic E-state index is 13.1. The summed E-state index contributed by atoms with van der Waals surface area (Å²) in [4.78, 5) is 40.9. The summed E-state index contributed by atoms with van der Waals surface area (Å²) in [5.41, 5.74) is 2.62. The summed E-state index contributed by atoms with van der Waals surface area (Å²) in [6, 6.07) is 12.9. The van der Waals surface area contributed by atoms with E-state index in [4.69, 9.17) is 4.42 Å². The topological polar surface area (TPSA) is 129 Å². The standard InChI is InChI=1S/C29H31N5O5/c1-28(2)16-33(14-18-3-5-19(6-4-18)26-32-30-17-39-26)12-11-29(28,38)21-7-8-22-20(13-21)15-34(27(22)37)23-9-10-24(35)31-25(23)36/h3-8,13,17,23,38H,9-12,14-16H2,1-2H3,(H,31,35,36). The normalized spacial score (nSPS) is 25.1. The first-order valence-electron chi connectivity index (χ1n) is 13.2. The van der Waals surface area contributed by atoms with Crippen molar-refractivity contribution in [2.24, 2.45) is 5.41 Å². The molecule has 1 aromatic heterocycles. The second-order valence-corrected chi connectivity index (χ2v) is 11.4. The third-order valence-electron chi connectivity index (χ3n) is 8.50. The van der Waals surface area contributed by atoms with Crippen LogP contribution in [0.15, 0.2) is 53.3 Å². The van der Waals surface area contributed by atoms with Gasteiger partial charge in [-0.3, -0.25) is 24.6 Å². The second kappa shape index (κ2) is 9.39. The van der Waals surface area contributed by atoms with E-state index in [0.717, 1.165) is 28.8 Å². The van der Waals surface area contributed by atoms with E-state index in [2.05, 4.69) is 46.4 Å². The number of rotatable bonds is 5. The van der Waals surface area contributed by atoms with Crippen molar-refractivity contribution >= 4 is 17.7 Å². The number of carbonyl (C=O) groups is 3. The van der Waals surface area contributed by atoms with Gasteiger partial charge in [0, 0.05) is 49.1 Å². The molecule has 0 aliphatic carbocycles. The van der Waals surface area contributed by atoms with Crippen molar-refractivity contribution in [2.45, 2.75) is 57.8 Å². The average Bonchev–Trinajstić information content (AvgIpc) is 3.55. The maximum Gasteiger partial charge on any atom is 0.255 e. The number of piperidine rings is 2. The summed E-state index contributed by atoms with van der Waals surface area (Å²) < 4.78 is 5.27. The van der Waals surface area contributed by atoms with Crippen molar-refractivity contribution in [3.63, 3.8) is 0 Å². The molecule has 4 heterocycles. The Bertz CT molecular complexity index is 1430. The molecule has 3 aromatic rings. The Morgan fingerprint density at radius 2 is 1.92 bits per heavy atom. The monoisotopic (exact) mass is 529 g/mol. The Balaban J connectivity index is 1.16. The predicted octanol–water partition coefficient (Wildman–Crippen LogP) is 2.62. The van der Waals surface area contributed by atoms with Crippen LogP contribution in [0.3, 0.4) is 0 Å². The minimum Gasteiger partial charge on any atom is -0.423 e. The van der Waals surface area contributed by atoms with Crippen LogP contribution in [0.4, 0.5) is 0 Å². The van der Waals surface area contributed by atoms with Gasteiger partial charge in [0.05, 0.1) is 5.60 Å². The summed E-state index contributed by atoms with van der Waals surface area (Å²) in [6.45, 7) is 6.59. The number of nitrogens with zero attached hydrogens (tertiary/aromatic N) is 4. The summed E-state index contributed by atoms with van der Waals surface area (Å²) >= 11 is 0. The average molecular weight is 530 g/mol. The Hall–Kier alpha value is -3.89. The van der Waals surface area contributed by atoms with Gasteiger partial charge >= 0.3 is 0 Å². The van der Waals surface area contributed by atoms with Gasteiger partial charge in [-0.2, -0.15) is 0 Å². The van der Waals surface area contributed by atoms with Crippen molar-refractivity contribution in [1.82, 2.24) is 25.3 Å². The van der Waals surface area contributed by atoms with E-state index in [1.807, 2.05) is 24.3 Å². The van der Waals surface area contributed by atoms with Crippen molar-refractivity contribution in [1.29, 1.82) is 0 Å². The predicted molar refractivity (Wildman–Crippen MR) is 140 cm³/mol. The highest BCUT2D eigenvalue weighted by Crippen LogP contribution is 2.47. The van der Waals surface area contributed by atoms with E-state index in [9.17, 15) is 19.5 Å². The van der Waals surface area contributed by atoms with Gasteiger partial charge in [0.15, 0.2) is 0 Å². The lowest BCUT2D eigenvalue weighted by Crippen LogP contribution is -2.55. The van der Waals surface area contributed by atoms with E-state index in [1.54, 1.807) is 6.07 Å². The highest BCUT2D eigenvalue weighted by Gasteiger charge is 2.49. The number of amides is 3. The van der Waals surface area contributed by atoms with Gasteiger partial charge < -0.3 is 14.4 Å². The Morgan fingerprint density at radius 1 is 1.13 bits per heavy atom. The first kappa shape index (κ1) is 25.4. The molecule has 3 aliphatic rings. The molecule has 2 saturated heterocycles. The number of carbonyl (C=O) groups excluding carboxylic acids is 3. The third kappa shape index (κ3) is 4.43. The number of likely N-dealkylation sites (tertiary alicyclic amines) is 1. The minimum atomic E-state index is -1.08. The fourth-order valence-electron chi connectivity index (χ4n) is 6.24. The Labute approximate surface area is 226 Å². The van der Waals surface area contributed by atoms with Gasteiger partial charge in [-0.05, 0) is 47.7 Å². The lowest BCUT2D eigenvalue weighted by atomic mass is 9.66. The molecule has 10 heteroatoms. The molecule has 3 amide bonds. The lowest BCUT2D eigenvalue weighted by molar-refractivity contribution is -0.136. The quantitative estimate of drug-likeness (QED) is 0.483. The van der Waals surface area contributed by atoms with Crippen LogP contribution in [-0.2, 0) is 28.3 Å². The first-order chi connectivity index (χ1) is 18.6. The number of aromatic nitrogens is 2. The number of benzene rings is 2. The van der Waals surface area contributed by atoms with E-state index in [-0.39, 0.29) is 24.8 Å². The van der Waals surface area contributed by atoms with Crippen LogP contribution >= 0.6 is 0 Å². The van der Waals surface area contributed by atoms with Gasteiger partial charge in [-0.25, -0.2) is 0 Å². The maximum absolute atomic E-state index is 13.1. The van der Waals surface area contributed by atoms with Crippen molar-refractivity contribution in [3.05, 3.63) is 71.1 Å². The second-order valence-electron chi connectivity index (χ2n) is 11.4. The van der Waals surface area contributed by atoms with Crippen LogP contribution in [0, 0.1) is 5.41 Å². The van der Waals surface area contributed by atoms with Gasteiger partial charge in [0.1, 0.15) is 6.04 Å². The molecule has 2 atom stereocenters. The largest absolute Gasteiger partial charge is 0.423 e. The lowest BCUT2D eigenvalue weighted by Gasteiger charge is -2.50. The Kier molecular flexibility index (Phi) is 6.11. The molecule has 0 radical (unpaired) electrons. The smallest absolute Gasteiger partial charge is 0.255 e. The minimum absolute atomic E-state index is 0.211. The fraction of sp³-hybridized carbons (Fsp3) is 0.414. The number of fused-ring (bicyclic) bond motifs is 1. The number of hydrogen-bond donors (Lipinski definition) is 2. The molecule has 39 heavy (non-hydrogen) atoms. The van der Waals surface area contributed by atoms with E-state index >= 15 is 0 Å². The molecule has 0 bridgehead atoms. The van der Waals surface area contributed by atoms with Gasteiger partial charge in [0.25, 0.3) is 5.91 Å². The molecular formula is C29H31N5O5. The zero-order valence-corrected chi connectivity index (χ0v) is 22.0. The van der Waals surface area contributed by atoms with Crippen LogP contribution in [-0.4, -0.2) is 62.0 Å². The Morgan fingerprint density at radius 3 is 2.62 bits per heavy atom. The zero-order valence-electron chi connectivity index (χ0n) is 22.0. The molecule has 6 rings (SSSR count). The molecule has 2 N–H and O–H groups in total. The van der Waals surface area contributed by atoms with Crippen LogP contribution in [0.5, 0.6) is 0 Å². The van der Waals surface area contributed by atoms with E-state index in [1.165, 1.54) is 11.3 Å². The van der Waals surface area contributed by atoms with E-state index in [0.29, 0.717) is 37.4 Å². The summed E-state index contributed by atoms with van der Waals surface area (Å²) in [5, 5.41) is 22.0. The molecular weight excluding hydrogens is 498 g/mol. The zero-order chi connectivity index (χ0) is 27.4. The summed E-state index contributed by atoms with van der Waals surface area (Å²) in [5.74, 6) is -0.456. The number of hydrogen-bond acceptors (Lipinski definition) is 8. The molecule has 10 nitrogen and oxygen atoms in total. The fourth-order valence-corrected chi connectivity index (χ4v) is 6.24. The van der Waals surface area contributed by atoms with Gasteiger partial charge in [0.2, 0.25) is 24.1 Å². The van der Waals surface area contributed by atoms with Crippen molar-refractivity contribution < 1.29 is 23.9 Å². The first-order valence-corrected chi connectivity index (χ1v) is 13.2. The van der Waals surface area contributed by atoms with E-state index < -0.39 is 23.0 Å². The van der Waals surface area contributed by atoms with Crippen LogP contribution in [0.2, 0.25) is 0 Å². The number of nitrogens with one attached hydrogen (secondary N) is 1. The van der Waals surface area contributed by atoms with Crippen LogP contribution in [0.1, 0.15) is 60.2 Å². The highest BCUT2D eigenvalue weighted by atomic mass is 16.4. The summed E-state index contributed by atoms with van der Waals surface area (Å²) in [7, 11) is 0. The number of imide groups is 1. The molecule has 202 valence electrons. The molecule has 0 saturated carbocycles. The molecule has 2 unspecified atom stereocenters. The van der Waals surface area contributed by atoms with Crippen LogP contribution in [0.25, 0.3) is 11.5 Å². The summed E-state index contributed by atoms with van der Waals surface area (Å²) in [6.07, 6.45) is 2.40. The molecule has 3 aliphatic heterocycles. The van der Waals surface area contributed by atoms with Gasteiger partial charge in [-0.1, -0.05) is 38.1 Å². The van der Waals surface area contributed by atoms with Gasteiger partial charge in [-0.15, -0.1) is 10.2 Å². The van der Waals surface area contributed by atoms with Crippen LogP contribution < -0.4 is 5.32 Å². The number of aliphatic hydroxyl groups is 1. The highest BCUT2D eigenvalue weighted by molar-refractivity contribution is 6.05. The molecule has 0 spiro atoms. The SMILES string of the molecule is CC1(C)CN(Cc2ccc(-c3nnco3)cc2)CCC1(O)c1ccc2c(c1)CN(C1CCC(=O)NC1=O)C2=O. The molecule has 2 aromatic carbocycles.